The van der Waals surface area contributed by atoms with Crippen molar-refractivity contribution in [2.75, 3.05) is 0 Å². The van der Waals surface area contributed by atoms with Gasteiger partial charge in [0.25, 0.3) is 0 Å². The van der Waals surface area contributed by atoms with Crippen LogP contribution in [-0.4, -0.2) is 22.2 Å². The Morgan fingerprint density at radius 1 is 0.682 bits per heavy atom. The lowest BCUT2D eigenvalue weighted by Crippen LogP contribution is -2.20. The van der Waals surface area contributed by atoms with E-state index in [9.17, 15) is 9.59 Å². The lowest BCUT2D eigenvalue weighted by molar-refractivity contribution is -0.139. The fourth-order valence-corrected chi connectivity index (χ4v) is 1.61. The van der Waals surface area contributed by atoms with E-state index in [0.29, 0.717) is 11.1 Å². The van der Waals surface area contributed by atoms with Crippen molar-refractivity contribution in [1.82, 2.24) is 0 Å². The number of hydrogen-bond acceptors (Lipinski definition) is 4. The molecule has 0 heterocycles. The number of carboxylic acid groups (broad SMARTS) is 2. The summed E-state index contributed by atoms with van der Waals surface area (Å²) in [6.45, 7) is 0. The Hall–Kier alpha value is -2.70. The van der Waals surface area contributed by atoms with E-state index >= 15 is 0 Å². The quantitative estimate of drug-likeness (QED) is 0.678. The van der Waals surface area contributed by atoms with Gasteiger partial charge >= 0.3 is 11.9 Å². The summed E-state index contributed by atoms with van der Waals surface area (Å²) in [5, 5.41) is 17.0. The molecule has 6 heteroatoms. The van der Waals surface area contributed by atoms with Crippen molar-refractivity contribution in [1.29, 1.82) is 0 Å². The molecule has 116 valence electrons. The molecule has 6 N–H and O–H groups in total. The molecule has 6 nitrogen and oxygen atoms in total. The lowest BCUT2D eigenvalue weighted by atomic mass is 10.1. The summed E-state index contributed by atoms with van der Waals surface area (Å²) in [7, 11) is 0. The van der Waals surface area contributed by atoms with E-state index in [1.807, 2.05) is 12.1 Å². The van der Waals surface area contributed by atoms with Crippen LogP contribution in [0.15, 0.2) is 60.7 Å². The second-order valence-electron chi connectivity index (χ2n) is 4.45. The van der Waals surface area contributed by atoms with E-state index < -0.39 is 24.0 Å². The van der Waals surface area contributed by atoms with E-state index in [2.05, 4.69) is 0 Å². The highest BCUT2D eigenvalue weighted by molar-refractivity contribution is 5.75. The molecular weight excluding hydrogens is 284 g/mol. The summed E-state index contributed by atoms with van der Waals surface area (Å²) in [5.74, 6) is -2.01. The minimum Gasteiger partial charge on any atom is -0.480 e. The van der Waals surface area contributed by atoms with Gasteiger partial charge in [0, 0.05) is 0 Å². The Kier molecular flexibility index (Phi) is 6.75. The van der Waals surface area contributed by atoms with Gasteiger partial charge in [-0.15, -0.1) is 0 Å². The Morgan fingerprint density at radius 2 is 0.955 bits per heavy atom. The topological polar surface area (TPSA) is 127 Å². The highest BCUT2D eigenvalue weighted by atomic mass is 16.4. The average molecular weight is 302 g/mol. The van der Waals surface area contributed by atoms with Gasteiger partial charge in [-0.1, -0.05) is 60.7 Å². The fraction of sp³-hybridized carbons (Fsp3) is 0.125. The van der Waals surface area contributed by atoms with Crippen molar-refractivity contribution in [3.63, 3.8) is 0 Å². The number of benzene rings is 2. The number of nitrogens with two attached hydrogens (primary N) is 2. The second-order valence-corrected chi connectivity index (χ2v) is 4.45. The minimum atomic E-state index is -1.00. The van der Waals surface area contributed by atoms with Gasteiger partial charge in [-0.25, -0.2) is 0 Å². The standard InChI is InChI=1S/2C8H9NO2/c2*9-7(8(10)11)6-4-2-1-3-5-6/h2*1-5,7H,9H2,(H,10,11)/t2*7-/m11/s1. The first-order valence-electron chi connectivity index (χ1n) is 6.50. The van der Waals surface area contributed by atoms with Crippen molar-refractivity contribution in [2.24, 2.45) is 11.5 Å². The van der Waals surface area contributed by atoms with Gasteiger partial charge in [0.05, 0.1) is 0 Å². The van der Waals surface area contributed by atoms with Crippen molar-refractivity contribution in [3.05, 3.63) is 71.8 Å². The van der Waals surface area contributed by atoms with Crippen LogP contribution in [0.25, 0.3) is 0 Å². The molecule has 0 bridgehead atoms. The fourth-order valence-electron chi connectivity index (χ4n) is 1.61. The molecule has 0 aromatic heterocycles. The van der Waals surface area contributed by atoms with Crippen molar-refractivity contribution >= 4 is 11.9 Å². The van der Waals surface area contributed by atoms with Gasteiger partial charge in [0.15, 0.2) is 0 Å². The molecule has 0 fully saturated rings. The van der Waals surface area contributed by atoms with Crippen LogP contribution in [0.5, 0.6) is 0 Å². The molecule has 0 aliphatic rings. The van der Waals surface area contributed by atoms with Crippen LogP contribution < -0.4 is 11.5 Å². The summed E-state index contributed by atoms with van der Waals surface area (Å²) in [6, 6.07) is 15.6. The van der Waals surface area contributed by atoms with E-state index in [1.54, 1.807) is 48.5 Å². The van der Waals surface area contributed by atoms with Crippen LogP contribution in [0.1, 0.15) is 23.2 Å². The Morgan fingerprint density at radius 3 is 1.18 bits per heavy atom. The summed E-state index contributed by atoms with van der Waals surface area (Å²) >= 11 is 0. The lowest BCUT2D eigenvalue weighted by Gasteiger charge is -2.04. The monoisotopic (exact) mass is 302 g/mol. The maximum Gasteiger partial charge on any atom is 0.325 e. The van der Waals surface area contributed by atoms with Crippen LogP contribution in [0, 0.1) is 0 Å². The van der Waals surface area contributed by atoms with Gasteiger partial charge in [-0.3, -0.25) is 9.59 Å². The van der Waals surface area contributed by atoms with Gasteiger partial charge in [-0.2, -0.15) is 0 Å². The Bertz CT molecular complexity index is 547. The maximum absolute atomic E-state index is 10.4. The third-order valence-corrected chi connectivity index (χ3v) is 2.85. The highest BCUT2D eigenvalue weighted by Gasteiger charge is 2.12. The molecular formula is C16H18N2O4. The van der Waals surface area contributed by atoms with Gasteiger partial charge in [-0.05, 0) is 11.1 Å². The molecule has 2 aromatic rings. The van der Waals surface area contributed by atoms with Gasteiger partial charge < -0.3 is 21.7 Å². The predicted molar refractivity (Wildman–Crippen MR) is 82.0 cm³/mol. The summed E-state index contributed by atoms with van der Waals surface area (Å²) in [6.07, 6.45) is 0. The molecule has 0 saturated carbocycles. The van der Waals surface area contributed by atoms with Crippen molar-refractivity contribution in [2.45, 2.75) is 12.1 Å². The van der Waals surface area contributed by atoms with E-state index in [-0.39, 0.29) is 0 Å². The molecule has 22 heavy (non-hydrogen) atoms. The van der Waals surface area contributed by atoms with Gasteiger partial charge in [0.2, 0.25) is 0 Å². The van der Waals surface area contributed by atoms with Crippen LogP contribution in [-0.2, 0) is 9.59 Å². The van der Waals surface area contributed by atoms with Gasteiger partial charge in [0.1, 0.15) is 12.1 Å². The smallest absolute Gasteiger partial charge is 0.325 e. The third-order valence-electron chi connectivity index (χ3n) is 2.85. The molecule has 2 rings (SSSR count). The molecule has 2 atom stereocenters. The largest absolute Gasteiger partial charge is 0.480 e. The highest BCUT2D eigenvalue weighted by Crippen LogP contribution is 2.09. The molecule has 0 radical (unpaired) electrons. The Labute approximate surface area is 128 Å². The minimum absolute atomic E-state index is 0.625. The van der Waals surface area contributed by atoms with Crippen LogP contribution in [0.2, 0.25) is 0 Å². The summed E-state index contributed by atoms with van der Waals surface area (Å²) < 4.78 is 0. The van der Waals surface area contributed by atoms with E-state index in [1.165, 1.54) is 0 Å². The molecule has 0 aliphatic carbocycles. The van der Waals surface area contributed by atoms with Crippen LogP contribution in [0.4, 0.5) is 0 Å². The summed E-state index contributed by atoms with van der Waals surface area (Å²) in [4.78, 5) is 20.7. The molecule has 0 unspecified atom stereocenters. The Balaban J connectivity index is 0.000000220. The molecule has 0 amide bonds. The normalized spacial score (nSPS) is 12.5. The molecule has 2 aromatic carbocycles. The van der Waals surface area contributed by atoms with E-state index in [0.717, 1.165) is 0 Å². The van der Waals surface area contributed by atoms with Crippen LogP contribution in [0.3, 0.4) is 0 Å². The number of carboxylic acids is 2. The SMILES string of the molecule is N[C@@H](C(=O)O)c1ccccc1.N[C@@H](C(=O)O)c1ccccc1. The molecule has 0 saturated heterocycles. The number of hydrogen-bond donors (Lipinski definition) is 4. The van der Waals surface area contributed by atoms with Crippen LogP contribution >= 0.6 is 0 Å². The second kappa shape index (κ2) is 8.56. The number of aliphatic carboxylic acids is 2. The van der Waals surface area contributed by atoms with E-state index in [4.69, 9.17) is 21.7 Å². The predicted octanol–water partition coefficient (Wildman–Crippen LogP) is 1.54. The van der Waals surface area contributed by atoms with Crippen molar-refractivity contribution in [3.8, 4) is 0 Å². The molecule has 0 aliphatic heterocycles. The molecule has 0 spiro atoms. The zero-order valence-electron chi connectivity index (χ0n) is 11.8. The van der Waals surface area contributed by atoms with Crippen molar-refractivity contribution < 1.29 is 19.8 Å². The maximum atomic E-state index is 10.4. The average Bonchev–Trinajstić information content (AvgIpc) is 2.55. The third kappa shape index (κ3) is 5.35. The zero-order valence-corrected chi connectivity index (χ0v) is 11.8. The number of carbonyl (C=O) groups is 2. The summed E-state index contributed by atoms with van der Waals surface area (Å²) in [5.41, 5.74) is 11.9. The zero-order chi connectivity index (χ0) is 16.5. The number of rotatable bonds is 4. The first-order valence-corrected chi connectivity index (χ1v) is 6.50. The first-order chi connectivity index (χ1) is 10.4. The first kappa shape index (κ1) is 17.4.